The molecule has 0 aromatic rings. The lowest BCUT2D eigenvalue weighted by molar-refractivity contribution is 0.118. The van der Waals surface area contributed by atoms with Crippen LogP contribution in [0.25, 0.3) is 0 Å². The Bertz CT molecular complexity index is 229. The first-order chi connectivity index (χ1) is 8.52. The summed E-state index contributed by atoms with van der Waals surface area (Å²) in [7, 11) is 13.3. The Morgan fingerprint density at radius 1 is 0.789 bits per heavy atom. The van der Waals surface area contributed by atoms with Gasteiger partial charge in [-0.2, -0.15) is 0 Å². The molecule has 19 heavy (non-hydrogen) atoms. The highest BCUT2D eigenvalue weighted by atomic mass is 28.4. The second-order valence-corrected chi connectivity index (χ2v) is 11.6. The van der Waals surface area contributed by atoms with Crippen LogP contribution in [-0.4, -0.2) is 92.0 Å². The van der Waals surface area contributed by atoms with Crippen molar-refractivity contribution >= 4 is 8.32 Å². The Hall–Kier alpha value is 0.0569. The number of hydrogen-bond acceptors (Lipinski definition) is 4. The molecule has 4 nitrogen and oxygen atoms in total. The zero-order valence-electron chi connectivity index (χ0n) is 14.6. The van der Waals surface area contributed by atoms with Crippen LogP contribution in [0.15, 0.2) is 0 Å². The van der Waals surface area contributed by atoms with Gasteiger partial charge in [-0.15, -0.1) is 0 Å². The maximum atomic E-state index is 5.82. The van der Waals surface area contributed by atoms with Crippen molar-refractivity contribution in [1.82, 2.24) is 14.7 Å². The summed E-state index contributed by atoms with van der Waals surface area (Å²) in [4.78, 5) is 6.94. The highest BCUT2D eigenvalue weighted by molar-refractivity contribution is 6.71. The van der Waals surface area contributed by atoms with Crippen molar-refractivity contribution in [2.45, 2.75) is 19.1 Å². The maximum absolute atomic E-state index is 5.82. The molecular formula is C14H35N3OSi. The minimum absolute atomic E-state index is 0.266. The first kappa shape index (κ1) is 19.1. The molecule has 0 aromatic heterocycles. The van der Waals surface area contributed by atoms with Crippen LogP contribution in [0.2, 0.25) is 19.1 Å². The summed E-state index contributed by atoms with van der Waals surface area (Å²) in [6.45, 7) is 7.95. The van der Waals surface area contributed by atoms with Gasteiger partial charge in [0, 0.05) is 32.2 Å². The van der Waals surface area contributed by atoms with E-state index in [1.165, 1.54) is 6.04 Å². The smallest absolute Gasteiger partial charge is 0.186 e. The molecule has 0 atom stereocenters. The van der Waals surface area contributed by atoms with Gasteiger partial charge < -0.3 is 19.1 Å². The van der Waals surface area contributed by atoms with Gasteiger partial charge in [0.05, 0.1) is 0 Å². The lowest BCUT2D eigenvalue weighted by Gasteiger charge is -2.43. The molecular weight excluding hydrogens is 254 g/mol. The monoisotopic (exact) mass is 289 g/mol. The molecule has 0 aliphatic heterocycles. The summed E-state index contributed by atoms with van der Waals surface area (Å²) in [5.41, 5.74) is 0.266. The van der Waals surface area contributed by atoms with Gasteiger partial charge in [0.2, 0.25) is 0 Å². The molecule has 0 unspecified atom stereocenters. The number of hydrogen-bond donors (Lipinski definition) is 0. The Morgan fingerprint density at radius 3 is 1.32 bits per heavy atom. The molecule has 0 bridgehead atoms. The van der Waals surface area contributed by atoms with E-state index in [0.717, 1.165) is 19.6 Å². The summed E-state index contributed by atoms with van der Waals surface area (Å²) >= 11 is 0. The van der Waals surface area contributed by atoms with Crippen molar-refractivity contribution in [2.75, 3.05) is 69.0 Å². The normalized spacial score (nSPS) is 13.9. The van der Waals surface area contributed by atoms with Crippen LogP contribution in [0.4, 0.5) is 0 Å². The van der Waals surface area contributed by atoms with E-state index < -0.39 is 8.32 Å². The molecule has 0 aliphatic rings. The van der Waals surface area contributed by atoms with Crippen molar-refractivity contribution in [3.05, 3.63) is 0 Å². The van der Waals surface area contributed by atoms with E-state index in [-0.39, 0.29) is 5.41 Å². The zero-order valence-corrected chi connectivity index (χ0v) is 15.6. The van der Waals surface area contributed by atoms with Crippen molar-refractivity contribution < 1.29 is 4.43 Å². The molecule has 0 amide bonds. The Labute approximate surface area is 121 Å². The van der Waals surface area contributed by atoms with Crippen LogP contribution in [0.5, 0.6) is 0 Å². The van der Waals surface area contributed by atoms with Gasteiger partial charge in [-0.25, -0.2) is 0 Å². The highest BCUT2D eigenvalue weighted by Crippen LogP contribution is 2.32. The fourth-order valence-electron chi connectivity index (χ4n) is 3.31. The molecule has 0 aliphatic carbocycles. The van der Waals surface area contributed by atoms with Gasteiger partial charge in [-0.05, 0) is 61.4 Å². The largest absolute Gasteiger partial charge is 0.420 e. The molecule has 0 N–H and O–H groups in total. The van der Waals surface area contributed by atoms with E-state index >= 15 is 0 Å². The van der Waals surface area contributed by atoms with E-state index in [9.17, 15) is 0 Å². The van der Waals surface area contributed by atoms with Crippen molar-refractivity contribution in [3.8, 4) is 0 Å². The van der Waals surface area contributed by atoms with Crippen LogP contribution in [0, 0.1) is 5.41 Å². The fourth-order valence-corrected chi connectivity index (χ4v) is 5.59. The highest BCUT2D eigenvalue weighted by Gasteiger charge is 2.39. The lowest BCUT2D eigenvalue weighted by Crippen LogP contribution is -2.52. The minimum atomic E-state index is -1.59. The van der Waals surface area contributed by atoms with Crippen molar-refractivity contribution in [2.24, 2.45) is 5.41 Å². The second kappa shape index (κ2) is 7.74. The zero-order chi connectivity index (χ0) is 15.3. The Morgan fingerprint density at radius 2 is 1.11 bits per heavy atom. The van der Waals surface area contributed by atoms with Gasteiger partial charge >= 0.3 is 0 Å². The van der Waals surface area contributed by atoms with E-state index in [4.69, 9.17) is 4.43 Å². The van der Waals surface area contributed by atoms with Crippen LogP contribution in [0.1, 0.15) is 0 Å². The van der Waals surface area contributed by atoms with Crippen LogP contribution >= 0.6 is 0 Å². The van der Waals surface area contributed by atoms with E-state index in [1.807, 2.05) is 7.11 Å². The fraction of sp³-hybridized carbons (Fsp3) is 1.00. The first-order valence-corrected chi connectivity index (χ1v) is 10.1. The first-order valence-electron chi connectivity index (χ1n) is 7.01. The van der Waals surface area contributed by atoms with Gasteiger partial charge in [0.15, 0.2) is 8.32 Å². The van der Waals surface area contributed by atoms with Crippen LogP contribution in [-0.2, 0) is 4.43 Å². The third kappa shape index (κ3) is 8.04. The predicted octanol–water partition coefficient (Wildman–Crippen LogP) is 1.51. The third-order valence-corrected chi connectivity index (χ3v) is 6.01. The molecule has 0 fully saturated rings. The summed E-state index contributed by atoms with van der Waals surface area (Å²) in [5.74, 6) is 0. The molecule has 0 rings (SSSR count). The van der Waals surface area contributed by atoms with Crippen molar-refractivity contribution in [3.63, 3.8) is 0 Å². The summed E-state index contributed by atoms with van der Waals surface area (Å²) in [6, 6.07) is 1.19. The minimum Gasteiger partial charge on any atom is -0.420 e. The van der Waals surface area contributed by atoms with Crippen LogP contribution < -0.4 is 0 Å². The Kier molecular flexibility index (Phi) is 7.76. The summed E-state index contributed by atoms with van der Waals surface area (Å²) < 4.78 is 5.82. The molecule has 0 aromatic carbocycles. The van der Waals surface area contributed by atoms with E-state index in [1.54, 1.807) is 0 Å². The topological polar surface area (TPSA) is 19.0 Å². The number of nitrogens with zero attached hydrogens (tertiary/aromatic N) is 3. The van der Waals surface area contributed by atoms with Crippen molar-refractivity contribution in [1.29, 1.82) is 0 Å². The summed E-state index contributed by atoms with van der Waals surface area (Å²) in [5, 5.41) is 0. The number of rotatable bonds is 9. The third-order valence-electron chi connectivity index (χ3n) is 3.31. The average Bonchev–Trinajstić information content (AvgIpc) is 2.12. The van der Waals surface area contributed by atoms with Gasteiger partial charge in [0.1, 0.15) is 0 Å². The standard InChI is InChI=1S/C14H35N3OSi/c1-15(2)10-14(11-16(3)4,12-17(5)6)13-19(8,9)18-7/h10-13H2,1-9H3. The van der Waals surface area contributed by atoms with Gasteiger partial charge in [-0.1, -0.05) is 0 Å². The lowest BCUT2D eigenvalue weighted by atomic mass is 9.88. The molecule has 116 valence electrons. The SMILES string of the molecule is CO[Si](C)(C)CC(CN(C)C)(CN(C)C)CN(C)C. The summed E-state index contributed by atoms with van der Waals surface area (Å²) in [6.07, 6.45) is 0. The molecule has 5 heteroatoms. The average molecular weight is 290 g/mol. The second-order valence-electron chi connectivity index (χ2n) is 7.35. The van der Waals surface area contributed by atoms with Gasteiger partial charge in [-0.3, -0.25) is 0 Å². The molecule has 0 spiro atoms. The molecule has 0 radical (unpaired) electrons. The van der Waals surface area contributed by atoms with Gasteiger partial charge in [0.25, 0.3) is 0 Å². The molecule has 0 heterocycles. The Balaban J connectivity index is 5.21. The molecule has 0 saturated carbocycles. The predicted molar refractivity (Wildman–Crippen MR) is 87.4 cm³/mol. The molecule has 0 saturated heterocycles. The van der Waals surface area contributed by atoms with Crippen LogP contribution in [0.3, 0.4) is 0 Å². The quantitative estimate of drug-likeness (QED) is 0.599. The maximum Gasteiger partial charge on any atom is 0.186 e. The van der Waals surface area contributed by atoms with E-state index in [0.29, 0.717) is 0 Å². The van der Waals surface area contributed by atoms with E-state index in [2.05, 4.69) is 70.1 Å².